The fourth-order valence-corrected chi connectivity index (χ4v) is 1.39. The first kappa shape index (κ1) is 10.6. The molecule has 0 fully saturated rings. The van der Waals surface area contributed by atoms with Crippen LogP contribution in [-0.2, 0) is 0 Å². The van der Waals surface area contributed by atoms with Crippen LogP contribution in [0.5, 0.6) is 0 Å². The Bertz CT molecular complexity index is 474. The van der Waals surface area contributed by atoms with E-state index in [1.807, 2.05) is 0 Å². The number of benzene rings is 1. The van der Waals surface area contributed by atoms with E-state index in [1.54, 1.807) is 0 Å². The van der Waals surface area contributed by atoms with Crippen molar-refractivity contribution in [1.29, 1.82) is 0 Å². The predicted molar refractivity (Wildman–Crippen MR) is 51.9 cm³/mol. The Balaban J connectivity index is 2.39. The predicted octanol–water partition coefficient (Wildman–Crippen LogP) is 2.14. The van der Waals surface area contributed by atoms with Crippen molar-refractivity contribution in [3.63, 3.8) is 0 Å². The summed E-state index contributed by atoms with van der Waals surface area (Å²) in [6.07, 6.45) is 0.926. The average Bonchev–Trinajstić information content (AvgIpc) is 2.22. The molecule has 84 valence electrons. The van der Waals surface area contributed by atoms with Gasteiger partial charge in [0.25, 0.3) is 0 Å². The molecule has 2 N–H and O–H groups in total. The molecule has 1 aliphatic heterocycles. The van der Waals surface area contributed by atoms with Crippen LogP contribution in [0.2, 0.25) is 0 Å². The molecule has 0 amide bonds. The summed E-state index contributed by atoms with van der Waals surface area (Å²) in [5.74, 6) is -1.58. The minimum Gasteiger partial charge on any atom is -0.505 e. The lowest BCUT2D eigenvalue weighted by Crippen LogP contribution is -2.23. The molecule has 0 saturated carbocycles. The first-order chi connectivity index (χ1) is 7.58. The van der Waals surface area contributed by atoms with Gasteiger partial charge < -0.3 is 5.11 Å². The fourth-order valence-electron chi connectivity index (χ4n) is 1.39. The summed E-state index contributed by atoms with van der Waals surface area (Å²) in [6, 6.07) is 2.86. The normalized spacial score (nSPS) is 19.8. The lowest BCUT2D eigenvalue weighted by Gasteiger charge is -2.24. The van der Waals surface area contributed by atoms with Crippen LogP contribution in [0.1, 0.15) is 11.7 Å². The van der Waals surface area contributed by atoms with Gasteiger partial charge in [0.15, 0.2) is 11.9 Å². The molecule has 16 heavy (non-hydrogen) atoms. The SMILES string of the molecule is OC1=CN(O)C(c2cc(F)ccc2F)N=C1. The number of hydroxylamine groups is 2. The third kappa shape index (κ3) is 1.87. The topological polar surface area (TPSA) is 56.1 Å². The Kier molecular flexibility index (Phi) is 2.57. The van der Waals surface area contributed by atoms with Crippen molar-refractivity contribution in [2.45, 2.75) is 6.17 Å². The third-order valence-electron chi connectivity index (χ3n) is 2.10. The summed E-state index contributed by atoms with van der Waals surface area (Å²) in [7, 11) is 0. The van der Waals surface area contributed by atoms with Crippen LogP contribution >= 0.6 is 0 Å². The number of rotatable bonds is 1. The largest absolute Gasteiger partial charge is 0.505 e. The Morgan fingerprint density at radius 3 is 2.75 bits per heavy atom. The summed E-state index contributed by atoms with van der Waals surface area (Å²) >= 11 is 0. The Morgan fingerprint density at radius 1 is 1.31 bits per heavy atom. The highest BCUT2D eigenvalue weighted by Gasteiger charge is 2.22. The molecular formula is C10H8F2N2O2. The van der Waals surface area contributed by atoms with Gasteiger partial charge in [-0.2, -0.15) is 0 Å². The molecular weight excluding hydrogens is 218 g/mol. The van der Waals surface area contributed by atoms with E-state index in [2.05, 4.69) is 4.99 Å². The zero-order chi connectivity index (χ0) is 11.7. The van der Waals surface area contributed by atoms with E-state index < -0.39 is 17.8 Å². The highest BCUT2D eigenvalue weighted by molar-refractivity contribution is 5.76. The van der Waals surface area contributed by atoms with E-state index in [4.69, 9.17) is 5.11 Å². The second-order valence-corrected chi connectivity index (χ2v) is 3.25. The first-order valence-corrected chi connectivity index (χ1v) is 4.44. The number of aliphatic hydroxyl groups is 1. The number of aliphatic hydroxyl groups excluding tert-OH is 1. The van der Waals surface area contributed by atoms with Crippen molar-refractivity contribution >= 4 is 6.21 Å². The number of nitrogens with zero attached hydrogens (tertiary/aromatic N) is 2. The monoisotopic (exact) mass is 226 g/mol. The Hall–Kier alpha value is -1.95. The quantitative estimate of drug-likeness (QED) is 0.771. The summed E-state index contributed by atoms with van der Waals surface area (Å²) < 4.78 is 26.3. The molecule has 0 spiro atoms. The van der Waals surface area contributed by atoms with Crippen molar-refractivity contribution in [3.05, 3.63) is 47.4 Å². The zero-order valence-corrected chi connectivity index (χ0v) is 8.01. The maximum absolute atomic E-state index is 13.4. The molecule has 4 nitrogen and oxygen atoms in total. The molecule has 1 heterocycles. The van der Waals surface area contributed by atoms with Gasteiger partial charge in [-0.15, -0.1) is 0 Å². The fraction of sp³-hybridized carbons (Fsp3) is 0.100. The summed E-state index contributed by atoms with van der Waals surface area (Å²) in [5, 5.41) is 18.9. The number of aliphatic imine (C=N–C) groups is 1. The van der Waals surface area contributed by atoms with Crippen LogP contribution < -0.4 is 0 Å². The second-order valence-electron chi connectivity index (χ2n) is 3.25. The summed E-state index contributed by atoms with van der Waals surface area (Å²) in [5.41, 5.74) is -0.109. The molecule has 1 atom stereocenters. The minimum atomic E-state index is -1.09. The van der Waals surface area contributed by atoms with Crippen molar-refractivity contribution < 1.29 is 19.1 Å². The molecule has 0 aromatic heterocycles. The van der Waals surface area contributed by atoms with Crippen LogP contribution in [0.25, 0.3) is 0 Å². The molecule has 1 aliphatic rings. The van der Waals surface area contributed by atoms with Gasteiger partial charge in [-0.25, -0.2) is 13.8 Å². The molecule has 0 saturated heterocycles. The summed E-state index contributed by atoms with van der Waals surface area (Å²) in [4.78, 5) is 3.69. The molecule has 0 radical (unpaired) electrons. The van der Waals surface area contributed by atoms with Crippen molar-refractivity contribution in [2.75, 3.05) is 0 Å². The summed E-state index contributed by atoms with van der Waals surface area (Å²) in [6.45, 7) is 0. The molecule has 0 bridgehead atoms. The first-order valence-electron chi connectivity index (χ1n) is 4.44. The van der Waals surface area contributed by atoms with Crippen molar-refractivity contribution in [2.24, 2.45) is 4.99 Å². The molecule has 2 rings (SSSR count). The van der Waals surface area contributed by atoms with Gasteiger partial charge in [-0.05, 0) is 18.2 Å². The second kappa shape index (κ2) is 3.90. The van der Waals surface area contributed by atoms with Gasteiger partial charge in [0.2, 0.25) is 0 Å². The number of hydrogen-bond acceptors (Lipinski definition) is 4. The maximum atomic E-state index is 13.4. The lowest BCUT2D eigenvalue weighted by atomic mass is 10.1. The molecule has 1 aromatic rings. The van der Waals surface area contributed by atoms with E-state index in [9.17, 15) is 14.0 Å². The standard InChI is InChI=1S/C10H8F2N2O2/c11-6-1-2-9(12)8(3-6)10-13-4-7(15)5-14(10)16/h1-5,10,15-16H. The molecule has 1 aromatic carbocycles. The maximum Gasteiger partial charge on any atom is 0.173 e. The van der Waals surface area contributed by atoms with Gasteiger partial charge in [0.1, 0.15) is 11.6 Å². The van der Waals surface area contributed by atoms with Gasteiger partial charge in [0, 0.05) is 5.56 Å². The van der Waals surface area contributed by atoms with E-state index in [-0.39, 0.29) is 11.3 Å². The minimum absolute atomic E-state index is 0.109. The Morgan fingerprint density at radius 2 is 2.06 bits per heavy atom. The Labute approximate surface area is 89.7 Å². The molecule has 1 unspecified atom stereocenters. The number of allylic oxidation sites excluding steroid dienone is 1. The van der Waals surface area contributed by atoms with Crippen LogP contribution in [-0.4, -0.2) is 21.6 Å². The van der Waals surface area contributed by atoms with Crippen LogP contribution in [0, 0.1) is 11.6 Å². The van der Waals surface area contributed by atoms with E-state index >= 15 is 0 Å². The number of halogens is 2. The van der Waals surface area contributed by atoms with E-state index in [1.165, 1.54) is 0 Å². The van der Waals surface area contributed by atoms with Gasteiger partial charge in [-0.1, -0.05) is 0 Å². The van der Waals surface area contributed by atoms with Crippen LogP contribution in [0.15, 0.2) is 35.2 Å². The van der Waals surface area contributed by atoms with Gasteiger partial charge >= 0.3 is 0 Å². The van der Waals surface area contributed by atoms with E-state index in [0.29, 0.717) is 5.06 Å². The lowest BCUT2D eigenvalue weighted by molar-refractivity contribution is -0.0829. The van der Waals surface area contributed by atoms with Crippen LogP contribution in [0.4, 0.5) is 8.78 Å². The van der Waals surface area contributed by atoms with E-state index in [0.717, 1.165) is 30.6 Å². The number of hydrogen-bond donors (Lipinski definition) is 2. The van der Waals surface area contributed by atoms with Crippen molar-refractivity contribution in [3.8, 4) is 0 Å². The van der Waals surface area contributed by atoms with Crippen molar-refractivity contribution in [1.82, 2.24) is 5.06 Å². The highest BCUT2D eigenvalue weighted by Crippen LogP contribution is 2.26. The molecule has 6 heteroatoms. The molecule has 0 aliphatic carbocycles. The van der Waals surface area contributed by atoms with Crippen LogP contribution in [0.3, 0.4) is 0 Å². The highest BCUT2D eigenvalue weighted by atomic mass is 19.1. The zero-order valence-electron chi connectivity index (χ0n) is 8.01. The van der Waals surface area contributed by atoms with Gasteiger partial charge in [-0.3, -0.25) is 10.2 Å². The average molecular weight is 226 g/mol. The van der Waals surface area contributed by atoms with Gasteiger partial charge in [0.05, 0.1) is 12.4 Å². The third-order valence-corrected chi connectivity index (χ3v) is 2.10. The smallest absolute Gasteiger partial charge is 0.173 e.